The van der Waals surface area contributed by atoms with Gasteiger partial charge in [0, 0.05) is 31.2 Å². The smallest absolute Gasteiger partial charge is 0.319 e. The number of aryl methyl sites for hydroxylation is 1. The van der Waals surface area contributed by atoms with Crippen molar-refractivity contribution in [3.8, 4) is 0 Å². The van der Waals surface area contributed by atoms with E-state index in [4.69, 9.17) is 4.74 Å². The molecule has 2 N–H and O–H groups in total. The van der Waals surface area contributed by atoms with E-state index in [0.717, 1.165) is 22.4 Å². The van der Waals surface area contributed by atoms with Crippen LogP contribution in [-0.2, 0) is 17.9 Å². The van der Waals surface area contributed by atoms with E-state index in [1.165, 1.54) is 0 Å². The van der Waals surface area contributed by atoms with E-state index in [2.05, 4.69) is 15.6 Å². The van der Waals surface area contributed by atoms with Gasteiger partial charge in [-0.25, -0.2) is 4.79 Å². The Balaban J connectivity index is 1.82. The van der Waals surface area contributed by atoms with E-state index in [1.807, 2.05) is 38.1 Å². The number of carbonyl (C=O) groups excluding carboxylic acids is 1. The second-order valence-electron chi connectivity index (χ2n) is 4.95. The molecule has 0 atom stereocenters. The number of carbonyl (C=O) groups is 1. The normalized spacial score (nSPS) is 10.3. The molecule has 0 saturated carbocycles. The maximum atomic E-state index is 11.9. The van der Waals surface area contributed by atoms with Gasteiger partial charge in [-0.05, 0) is 36.6 Å². The second-order valence-corrected chi connectivity index (χ2v) is 4.95. The summed E-state index contributed by atoms with van der Waals surface area (Å²) in [6, 6.07) is 9.55. The van der Waals surface area contributed by atoms with Crippen molar-refractivity contribution in [3.63, 3.8) is 0 Å². The van der Waals surface area contributed by atoms with Crippen LogP contribution in [0.3, 0.4) is 0 Å². The summed E-state index contributed by atoms with van der Waals surface area (Å²) < 4.78 is 5.35. The highest BCUT2D eigenvalue weighted by atomic mass is 16.5. The third kappa shape index (κ3) is 4.86. The molecule has 0 saturated heterocycles. The predicted octanol–water partition coefficient (Wildman–Crippen LogP) is 3.25. The standard InChI is InChI=1S/C17H21N3O2/c1-3-22-12-15-6-4-14(5-7-15)11-19-17(21)20-16-8-9-18-10-13(16)2/h4-10H,3,11-12H2,1-2H3,(H2,18,19,20,21). The minimum absolute atomic E-state index is 0.229. The Morgan fingerprint density at radius 3 is 2.59 bits per heavy atom. The molecule has 0 aliphatic carbocycles. The minimum atomic E-state index is -0.229. The molecule has 2 aromatic rings. The number of urea groups is 1. The monoisotopic (exact) mass is 299 g/mol. The molecule has 0 bridgehead atoms. The number of benzene rings is 1. The van der Waals surface area contributed by atoms with Crippen molar-refractivity contribution < 1.29 is 9.53 Å². The molecule has 0 aliphatic heterocycles. The Morgan fingerprint density at radius 1 is 1.18 bits per heavy atom. The molecular formula is C17H21N3O2. The summed E-state index contributed by atoms with van der Waals surface area (Å²) in [5.41, 5.74) is 3.86. The summed E-state index contributed by atoms with van der Waals surface area (Å²) in [4.78, 5) is 15.9. The topological polar surface area (TPSA) is 63.2 Å². The molecule has 0 aliphatic rings. The zero-order valence-electron chi connectivity index (χ0n) is 12.9. The van der Waals surface area contributed by atoms with E-state index >= 15 is 0 Å². The molecule has 0 radical (unpaired) electrons. The number of ether oxygens (including phenoxy) is 1. The number of hydrogen-bond acceptors (Lipinski definition) is 3. The second kappa shape index (κ2) is 8.14. The summed E-state index contributed by atoms with van der Waals surface area (Å²) in [6.07, 6.45) is 3.37. The number of anilines is 1. The Labute approximate surface area is 130 Å². The highest BCUT2D eigenvalue weighted by molar-refractivity contribution is 5.89. The molecule has 1 aromatic heterocycles. The van der Waals surface area contributed by atoms with E-state index in [-0.39, 0.29) is 6.03 Å². The molecule has 5 heteroatoms. The number of pyridine rings is 1. The van der Waals surface area contributed by atoms with E-state index < -0.39 is 0 Å². The molecule has 0 fully saturated rings. The van der Waals surface area contributed by atoms with Gasteiger partial charge in [0.25, 0.3) is 0 Å². The summed E-state index contributed by atoms with van der Waals surface area (Å²) >= 11 is 0. The number of hydrogen-bond donors (Lipinski definition) is 2. The van der Waals surface area contributed by atoms with Crippen molar-refractivity contribution >= 4 is 11.7 Å². The highest BCUT2D eigenvalue weighted by Gasteiger charge is 2.04. The van der Waals surface area contributed by atoms with Crippen LogP contribution in [0.4, 0.5) is 10.5 Å². The molecule has 0 spiro atoms. The van der Waals surface area contributed by atoms with Gasteiger partial charge in [-0.15, -0.1) is 0 Å². The van der Waals surface area contributed by atoms with Crippen LogP contribution in [-0.4, -0.2) is 17.6 Å². The lowest BCUT2D eigenvalue weighted by Crippen LogP contribution is -2.28. The van der Waals surface area contributed by atoms with Gasteiger partial charge in [0.15, 0.2) is 0 Å². The molecule has 1 aromatic carbocycles. The molecule has 0 unspecified atom stereocenters. The van der Waals surface area contributed by atoms with Crippen molar-refractivity contribution in [3.05, 3.63) is 59.4 Å². The zero-order chi connectivity index (χ0) is 15.8. The van der Waals surface area contributed by atoms with Gasteiger partial charge in [0.1, 0.15) is 0 Å². The lowest BCUT2D eigenvalue weighted by atomic mass is 10.1. The van der Waals surface area contributed by atoms with Crippen molar-refractivity contribution in [1.29, 1.82) is 0 Å². The molecular weight excluding hydrogens is 278 g/mol. The molecule has 2 rings (SSSR count). The number of amides is 2. The summed E-state index contributed by atoms with van der Waals surface area (Å²) in [5.74, 6) is 0. The van der Waals surface area contributed by atoms with Crippen molar-refractivity contribution in [2.24, 2.45) is 0 Å². The largest absolute Gasteiger partial charge is 0.377 e. The third-order valence-corrected chi connectivity index (χ3v) is 3.22. The lowest BCUT2D eigenvalue weighted by molar-refractivity contribution is 0.134. The van der Waals surface area contributed by atoms with E-state index in [0.29, 0.717) is 19.8 Å². The average Bonchev–Trinajstić information content (AvgIpc) is 2.54. The maximum Gasteiger partial charge on any atom is 0.319 e. The molecule has 22 heavy (non-hydrogen) atoms. The van der Waals surface area contributed by atoms with Crippen LogP contribution in [0.2, 0.25) is 0 Å². The SMILES string of the molecule is CCOCc1ccc(CNC(=O)Nc2ccncc2C)cc1. The summed E-state index contributed by atoms with van der Waals surface area (Å²) in [7, 11) is 0. The van der Waals surface area contributed by atoms with Crippen molar-refractivity contribution in [2.75, 3.05) is 11.9 Å². The van der Waals surface area contributed by atoms with Crippen LogP contribution in [0.5, 0.6) is 0 Å². The van der Waals surface area contributed by atoms with Crippen LogP contribution >= 0.6 is 0 Å². The first-order chi connectivity index (χ1) is 10.7. The third-order valence-electron chi connectivity index (χ3n) is 3.22. The Morgan fingerprint density at radius 2 is 1.91 bits per heavy atom. The fraction of sp³-hybridized carbons (Fsp3) is 0.294. The zero-order valence-corrected chi connectivity index (χ0v) is 12.9. The molecule has 116 valence electrons. The number of rotatable bonds is 6. The summed E-state index contributed by atoms with van der Waals surface area (Å²) in [5, 5.41) is 5.65. The van der Waals surface area contributed by atoms with Crippen molar-refractivity contribution in [1.82, 2.24) is 10.3 Å². The Kier molecular flexibility index (Phi) is 5.91. The van der Waals surface area contributed by atoms with Gasteiger partial charge in [-0.1, -0.05) is 24.3 Å². The Hall–Kier alpha value is -2.40. The van der Waals surface area contributed by atoms with Gasteiger partial charge < -0.3 is 15.4 Å². The van der Waals surface area contributed by atoms with Gasteiger partial charge in [0.05, 0.1) is 6.61 Å². The van der Waals surface area contributed by atoms with Gasteiger partial charge in [-0.3, -0.25) is 4.98 Å². The molecule has 1 heterocycles. The highest BCUT2D eigenvalue weighted by Crippen LogP contribution is 2.11. The van der Waals surface area contributed by atoms with Crippen LogP contribution in [0.25, 0.3) is 0 Å². The van der Waals surface area contributed by atoms with Crippen LogP contribution in [0.15, 0.2) is 42.7 Å². The van der Waals surface area contributed by atoms with Crippen molar-refractivity contribution in [2.45, 2.75) is 27.0 Å². The maximum absolute atomic E-state index is 11.9. The average molecular weight is 299 g/mol. The van der Waals surface area contributed by atoms with Crippen LogP contribution < -0.4 is 10.6 Å². The quantitative estimate of drug-likeness (QED) is 0.860. The van der Waals surface area contributed by atoms with Crippen LogP contribution in [0, 0.1) is 6.92 Å². The number of aromatic nitrogens is 1. The Bertz CT molecular complexity index is 612. The fourth-order valence-electron chi connectivity index (χ4n) is 1.94. The number of nitrogens with one attached hydrogen (secondary N) is 2. The molecule has 2 amide bonds. The van der Waals surface area contributed by atoms with E-state index in [9.17, 15) is 4.79 Å². The van der Waals surface area contributed by atoms with Crippen LogP contribution in [0.1, 0.15) is 23.6 Å². The van der Waals surface area contributed by atoms with Gasteiger partial charge in [-0.2, -0.15) is 0 Å². The first kappa shape index (κ1) is 16.0. The lowest BCUT2D eigenvalue weighted by Gasteiger charge is -2.10. The molecule has 5 nitrogen and oxygen atoms in total. The number of nitrogens with zero attached hydrogens (tertiary/aromatic N) is 1. The first-order valence-electron chi connectivity index (χ1n) is 7.30. The first-order valence-corrected chi connectivity index (χ1v) is 7.30. The fourth-order valence-corrected chi connectivity index (χ4v) is 1.94. The van der Waals surface area contributed by atoms with E-state index in [1.54, 1.807) is 18.5 Å². The summed E-state index contributed by atoms with van der Waals surface area (Å²) in [6.45, 7) is 5.68. The minimum Gasteiger partial charge on any atom is -0.377 e. The predicted molar refractivity (Wildman–Crippen MR) is 86.6 cm³/mol. The van der Waals surface area contributed by atoms with Gasteiger partial charge in [0.2, 0.25) is 0 Å². The van der Waals surface area contributed by atoms with Gasteiger partial charge >= 0.3 is 6.03 Å².